The number of rotatable bonds is 4. The number of anilines is 1. The van der Waals surface area contributed by atoms with Gasteiger partial charge in [0.1, 0.15) is 0 Å². The van der Waals surface area contributed by atoms with Gasteiger partial charge in [0, 0.05) is 23.5 Å². The first kappa shape index (κ1) is 15.6. The number of hydrogen-bond acceptors (Lipinski definition) is 3. The standard InChI is InChI=1S/C15H22F2N2S/c1-3-15(2)11-19(10-6-9-18-15)12-7-4-5-8-13(12)20-14(16)17/h4-5,7-8,14,18H,3,6,9-11H2,1-2H3. The van der Waals surface area contributed by atoms with Crippen molar-refractivity contribution in [3.8, 4) is 0 Å². The first-order chi connectivity index (χ1) is 9.54. The summed E-state index contributed by atoms with van der Waals surface area (Å²) in [5.74, 6) is -2.38. The largest absolute Gasteiger partial charge is 0.369 e. The fourth-order valence-electron chi connectivity index (χ4n) is 2.57. The molecule has 112 valence electrons. The summed E-state index contributed by atoms with van der Waals surface area (Å²) < 4.78 is 25.4. The highest BCUT2D eigenvalue weighted by atomic mass is 32.2. The van der Waals surface area contributed by atoms with Crippen molar-refractivity contribution in [2.45, 2.75) is 42.9 Å². The van der Waals surface area contributed by atoms with Gasteiger partial charge in [-0.15, -0.1) is 0 Å². The second-order valence-corrected chi connectivity index (χ2v) is 6.49. The van der Waals surface area contributed by atoms with E-state index in [2.05, 4.69) is 24.1 Å². The summed E-state index contributed by atoms with van der Waals surface area (Å²) in [5, 5.41) is 3.57. The number of alkyl halides is 2. The van der Waals surface area contributed by atoms with Crippen LogP contribution in [0.2, 0.25) is 0 Å². The zero-order valence-electron chi connectivity index (χ0n) is 12.0. The molecule has 1 aromatic carbocycles. The van der Waals surface area contributed by atoms with E-state index < -0.39 is 5.76 Å². The van der Waals surface area contributed by atoms with Gasteiger partial charge in [-0.2, -0.15) is 8.78 Å². The molecule has 0 saturated carbocycles. The van der Waals surface area contributed by atoms with E-state index in [1.165, 1.54) is 0 Å². The van der Waals surface area contributed by atoms with Crippen LogP contribution in [0.5, 0.6) is 0 Å². The molecule has 1 saturated heterocycles. The number of benzene rings is 1. The third-order valence-electron chi connectivity index (χ3n) is 3.90. The lowest BCUT2D eigenvalue weighted by Crippen LogP contribution is -2.48. The third-order valence-corrected chi connectivity index (χ3v) is 4.68. The second kappa shape index (κ2) is 6.76. The maximum Gasteiger partial charge on any atom is 0.288 e. The van der Waals surface area contributed by atoms with Gasteiger partial charge in [-0.25, -0.2) is 0 Å². The number of halogens is 2. The molecule has 20 heavy (non-hydrogen) atoms. The van der Waals surface area contributed by atoms with Crippen LogP contribution in [0.3, 0.4) is 0 Å². The van der Waals surface area contributed by atoms with Crippen molar-refractivity contribution >= 4 is 17.4 Å². The van der Waals surface area contributed by atoms with Gasteiger partial charge in [-0.05, 0) is 38.4 Å². The third kappa shape index (κ3) is 3.85. The monoisotopic (exact) mass is 300 g/mol. The van der Waals surface area contributed by atoms with Gasteiger partial charge in [-0.3, -0.25) is 0 Å². The molecule has 1 aromatic rings. The Kier molecular flexibility index (Phi) is 5.27. The SMILES string of the molecule is CCC1(C)CN(c2ccccc2SC(F)F)CCCN1. The molecule has 1 fully saturated rings. The number of hydrogen-bond donors (Lipinski definition) is 1. The molecular formula is C15H22F2N2S. The van der Waals surface area contributed by atoms with Gasteiger partial charge in [0.05, 0.1) is 5.69 Å². The first-order valence-electron chi connectivity index (χ1n) is 7.08. The van der Waals surface area contributed by atoms with Crippen LogP contribution >= 0.6 is 11.8 Å². The van der Waals surface area contributed by atoms with Crippen molar-refractivity contribution in [1.82, 2.24) is 5.32 Å². The molecule has 1 unspecified atom stereocenters. The Morgan fingerprint density at radius 2 is 2.15 bits per heavy atom. The molecule has 1 aliphatic rings. The van der Waals surface area contributed by atoms with Crippen LogP contribution in [0, 0.1) is 0 Å². The lowest BCUT2D eigenvalue weighted by molar-refractivity contribution is 0.252. The van der Waals surface area contributed by atoms with E-state index in [1.807, 2.05) is 18.2 Å². The Morgan fingerprint density at radius 1 is 1.40 bits per heavy atom. The van der Waals surface area contributed by atoms with Crippen LogP contribution < -0.4 is 10.2 Å². The molecule has 0 aliphatic carbocycles. The van der Waals surface area contributed by atoms with Gasteiger partial charge in [0.2, 0.25) is 0 Å². The number of nitrogens with zero attached hydrogens (tertiary/aromatic N) is 1. The predicted octanol–water partition coefficient (Wildman–Crippen LogP) is 3.97. The van der Waals surface area contributed by atoms with E-state index in [-0.39, 0.29) is 5.54 Å². The topological polar surface area (TPSA) is 15.3 Å². The highest BCUT2D eigenvalue weighted by Crippen LogP contribution is 2.35. The Hall–Kier alpha value is -0.810. The molecule has 1 N–H and O–H groups in total. The zero-order chi connectivity index (χ0) is 14.6. The average molecular weight is 300 g/mol. The summed E-state index contributed by atoms with van der Waals surface area (Å²) in [7, 11) is 0. The zero-order valence-corrected chi connectivity index (χ0v) is 12.9. The molecule has 2 rings (SSSR count). The van der Waals surface area contributed by atoms with Gasteiger partial charge >= 0.3 is 0 Å². The summed E-state index contributed by atoms with van der Waals surface area (Å²) in [6.07, 6.45) is 2.05. The van der Waals surface area contributed by atoms with Crippen LogP contribution in [0.4, 0.5) is 14.5 Å². The average Bonchev–Trinajstić information content (AvgIpc) is 2.61. The molecular weight excluding hydrogens is 278 g/mol. The highest BCUT2D eigenvalue weighted by molar-refractivity contribution is 7.99. The molecule has 1 atom stereocenters. The maximum atomic E-state index is 12.7. The molecule has 5 heteroatoms. The van der Waals surface area contributed by atoms with Gasteiger partial charge in [0.15, 0.2) is 0 Å². The van der Waals surface area contributed by atoms with Gasteiger partial charge in [-0.1, -0.05) is 30.8 Å². The van der Waals surface area contributed by atoms with E-state index >= 15 is 0 Å². The molecule has 0 amide bonds. The highest BCUT2D eigenvalue weighted by Gasteiger charge is 2.28. The van der Waals surface area contributed by atoms with Crippen molar-refractivity contribution in [1.29, 1.82) is 0 Å². The van der Waals surface area contributed by atoms with Crippen molar-refractivity contribution < 1.29 is 8.78 Å². The minimum atomic E-state index is -2.38. The summed E-state index contributed by atoms with van der Waals surface area (Å²) in [5.41, 5.74) is 0.972. The van der Waals surface area contributed by atoms with Crippen molar-refractivity contribution in [3.63, 3.8) is 0 Å². The number of thioether (sulfide) groups is 1. The molecule has 2 nitrogen and oxygen atoms in total. The lowest BCUT2D eigenvalue weighted by atomic mass is 9.98. The van der Waals surface area contributed by atoms with E-state index in [0.717, 1.165) is 38.2 Å². The molecule has 0 spiro atoms. The van der Waals surface area contributed by atoms with Gasteiger partial charge < -0.3 is 10.2 Å². The lowest BCUT2D eigenvalue weighted by Gasteiger charge is -2.34. The summed E-state index contributed by atoms with van der Waals surface area (Å²) in [6.45, 7) is 7.10. The summed E-state index contributed by atoms with van der Waals surface area (Å²) in [4.78, 5) is 2.91. The minimum Gasteiger partial charge on any atom is -0.369 e. The van der Waals surface area contributed by atoms with Crippen LogP contribution in [0.15, 0.2) is 29.2 Å². The van der Waals surface area contributed by atoms with Crippen LogP contribution in [-0.4, -0.2) is 30.9 Å². The molecule has 0 aromatic heterocycles. The van der Waals surface area contributed by atoms with Crippen molar-refractivity contribution in [2.24, 2.45) is 0 Å². The molecule has 0 bridgehead atoms. The number of para-hydroxylation sites is 1. The molecule has 1 aliphatic heterocycles. The van der Waals surface area contributed by atoms with Crippen molar-refractivity contribution in [2.75, 3.05) is 24.5 Å². The quantitative estimate of drug-likeness (QED) is 0.847. The Balaban J connectivity index is 2.25. The van der Waals surface area contributed by atoms with Crippen LogP contribution in [-0.2, 0) is 0 Å². The predicted molar refractivity (Wildman–Crippen MR) is 81.8 cm³/mol. The van der Waals surface area contributed by atoms with E-state index in [0.29, 0.717) is 16.7 Å². The van der Waals surface area contributed by atoms with Gasteiger partial charge in [0.25, 0.3) is 5.76 Å². The smallest absolute Gasteiger partial charge is 0.288 e. The van der Waals surface area contributed by atoms with Crippen molar-refractivity contribution in [3.05, 3.63) is 24.3 Å². The second-order valence-electron chi connectivity index (χ2n) is 5.46. The minimum absolute atomic E-state index is 0.0408. The Bertz CT molecular complexity index is 442. The summed E-state index contributed by atoms with van der Waals surface area (Å²) in [6, 6.07) is 7.48. The van der Waals surface area contributed by atoms with Crippen LogP contribution in [0.1, 0.15) is 26.7 Å². The number of nitrogens with one attached hydrogen (secondary N) is 1. The molecule has 0 radical (unpaired) electrons. The fraction of sp³-hybridized carbons (Fsp3) is 0.600. The Labute approximate surface area is 123 Å². The fourth-order valence-corrected chi connectivity index (χ4v) is 3.24. The summed E-state index contributed by atoms with van der Waals surface area (Å²) >= 11 is 0.638. The normalized spacial score (nSPS) is 23.9. The van der Waals surface area contributed by atoms with E-state index in [4.69, 9.17) is 0 Å². The van der Waals surface area contributed by atoms with E-state index in [9.17, 15) is 8.78 Å². The Morgan fingerprint density at radius 3 is 2.85 bits per heavy atom. The van der Waals surface area contributed by atoms with E-state index in [1.54, 1.807) is 6.07 Å². The first-order valence-corrected chi connectivity index (χ1v) is 7.96. The van der Waals surface area contributed by atoms with Crippen LogP contribution in [0.25, 0.3) is 0 Å². The maximum absolute atomic E-state index is 12.7. The molecule has 1 heterocycles.